The van der Waals surface area contributed by atoms with Gasteiger partial charge in [0.1, 0.15) is 5.82 Å². The molecule has 0 amide bonds. The summed E-state index contributed by atoms with van der Waals surface area (Å²) in [6.45, 7) is 0.555. The van der Waals surface area contributed by atoms with Gasteiger partial charge in [0.15, 0.2) is 0 Å². The van der Waals surface area contributed by atoms with Crippen LogP contribution in [0.15, 0.2) is 18.2 Å². The van der Waals surface area contributed by atoms with Crippen LogP contribution in [0.5, 0.6) is 0 Å². The Kier molecular flexibility index (Phi) is 3.92. The average Bonchev–Trinajstić information content (AvgIpc) is 2.13. The van der Waals surface area contributed by atoms with Crippen molar-refractivity contribution in [2.24, 2.45) is 5.73 Å². The van der Waals surface area contributed by atoms with E-state index in [1.807, 2.05) is 6.08 Å². The van der Waals surface area contributed by atoms with Crippen molar-refractivity contribution in [1.82, 2.24) is 0 Å². The van der Waals surface area contributed by atoms with Crippen molar-refractivity contribution < 1.29 is 4.39 Å². The molecule has 0 aliphatic heterocycles. The van der Waals surface area contributed by atoms with Crippen molar-refractivity contribution in [2.45, 2.75) is 6.42 Å². The number of rotatable bonds is 3. The summed E-state index contributed by atoms with van der Waals surface area (Å²) < 4.78 is 13.1. The van der Waals surface area contributed by atoms with E-state index >= 15 is 0 Å². The van der Waals surface area contributed by atoms with E-state index in [9.17, 15) is 4.39 Å². The second-order valence-electron chi connectivity index (χ2n) is 2.87. The van der Waals surface area contributed by atoms with E-state index in [0.29, 0.717) is 17.1 Å². The van der Waals surface area contributed by atoms with Gasteiger partial charge in [0, 0.05) is 10.6 Å². The van der Waals surface area contributed by atoms with Crippen molar-refractivity contribution in [3.8, 4) is 0 Å². The third-order valence-electron chi connectivity index (χ3n) is 1.76. The molecule has 0 aliphatic rings. The SMILES string of the molecule is NCCC=Cc1cc(Cl)cc(F)c1N. The molecule has 4 heteroatoms. The summed E-state index contributed by atoms with van der Waals surface area (Å²) in [6.07, 6.45) is 4.28. The highest BCUT2D eigenvalue weighted by Crippen LogP contribution is 2.23. The number of hydrogen-bond acceptors (Lipinski definition) is 2. The molecule has 2 nitrogen and oxygen atoms in total. The highest BCUT2D eigenvalue weighted by molar-refractivity contribution is 6.30. The molecule has 1 aromatic carbocycles. The Hall–Kier alpha value is -1.06. The molecule has 14 heavy (non-hydrogen) atoms. The van der Waals surface area contributed by atoms with E-state index in [2.05, 4.69) is 0 Å². The maximum absolute atomic E-state index is 13.1. The van der Waals surface area contributed by atoms with Crippen LogP contribution in [0.1, 0.15) is 12.0 Å². The lowest BCUT2D eigenvalue weighted by Crippen LogP contribution is -1.96. The van der Waals surface area contributed by atoms with E-state index in [1.165, 1.54) is 6.07 Å². The van der Waals surface area contributed by atoms with Gasteiger partial charge in [-0.15, -0.1) is 0 Å². The molecule has 0 bridgehead atoms. The van der Waals surface area contributed by atoms with Crippen molar-refractivity contribution in [3.63, 3.8) is 0 Å². The number of nitrogen functional groups attached to an aromatic ring is 1. The van der Waals surface area contributed by atoms with E-state index in [1.54, 1.807) is 12.1 Å². The molecule has 0 saturated heterocycles. The van der Waals surface area contributed by atoms with Gasteiger partial charge in [-0.25, -0.2) is 4.39 Å². The standard InChI is InChI=1S/C10H12ClFN2/c11-8-5-7(3-1-2-4-13)10(14)9(12)6-8/h1,3,5-6H,2,4,13-14H2. The van der Waals surface area contributed by atoms with Crippen LogP contribution in [0.3, 0.4) is 0 Å². The molecule has 0 unspecified atom stereocenters. The lowest BCUT2D eigenvalue weighted by molar-refractivity contribution is 0.632. The van der Waals surface area contributed by atoms with Crippen LogP contribution in [0, 0.1) is 5.82 Å². The fourth-order valence-corrected chi connectivity index (χ4v) is 1.26. The number of halogens is 2. The van der Waals surface area contributed by atoms with Gasteiger partial charge < -0.3 is 11.5 Å². The summed E-state index contributed by atoms with van der Waals surface area (Å²) in [6, 6.07) is 2.81. The Balaban J connectivity index is 2.96. The molecule has 0 spiro atoms. The number of nitrogens with two attached hydrogens (primary N) is 2. The van der Waals surface area contributed by atoms with Crippen molar-refractivity contribution >= 4 is 23.4 Å². The first kappa shape index (κ1) is 11.0. The molecule has 4 N–H and O–H groups in total. The Bertz CT molecular complexity index is 350. The largest absolute Gasteiger partial charge is 0.396 e. The molecule has 76 valence electrons. The van der Waals surface area contributed by atoms with E-state index in [0.717, 1.165) is 6.42 Å². The fraction of sp³-hybridized carbons (Fsp3) is 0.200. The van der Waals surface area contributed by atoms with Crippen LogP contribution in [-0.2, 0) is 0 Å². The van der Waals surface area contributed by atoms with Crippen LogP contribution < -0.4 is 11.5 Å². The molecular weight excluding hydrogens is 203 g/mol. The molecule has 1 rings (SSSR count). The monoisotopic (exact) mass is 214 g/mol. The highest BCUT2D eigenvalue weighted by Gasteiger charge is 2.03. The molecule has 0 heterocycles. The van der Waals surface area contributed by atoms with Gasteiger partial charge in [-0.1, -0.05) is 23.8 Å². The molecule has 0 saturated carbocycles. The lowest BCUT2D eigenvalue weighted by Gasteiger charge is -2.02. The van der Waals surface area contributed by atoms with Gasteiger partial charge in [-0.05, 0) is 25.1 Å². The maximum atomic E-state index is 13.1. The minimum atomic E-state index is -0.495. The zero-order valence-electron chi connectivity index (χ0n) is 7.63. The van der Waals surface area contributed by atoms with E-state index < -0.39 is 5.82 Å². The predicted octanol–water partition coefficient (Wildman–Crippen LogP) is 2.42. The summed E-state index contributed by atoms with van der Waals surface area (Å²) in [4.78, 5) is 0. The lowest BCUT2D eigenvalue weighted by atomic mass is 10.1. The Morgan fingerprint density at radius 2 is 2.14 bits per heavy atom. The first-order chi connectivity index (χ1) is 6.65. The summed E-state index contributed by atoms with van der Waals surface area (Å²) >= 11 is 5.68. The van der Waals surface area contributed by atoms with Crippen LogP contribution in [0.2, 0.25) is 5.02 Å². The van der Waals surface area contributed by atoms with Crippen molar-refractivity contribution in [3.05, 3.63) is 34.6 Å². The minimum Gasteiger partial charge on any atom is -0.396 e. The van der Waals surface area contributed by atoms with Gasteiger partial charge in [0.05, 0.1) is 5.69 Å². The molecule has 0 aliphatic carbocycles. The second-order valence-corrected chi connectivity index (χ2v) is 3.31. The first-order valence-corrected chi connectivity index (χ1v) is 4.64. The van der Waals surface area contributed by atoms with Crippen molar-refractivity contribution in [1.29, 1.82) is 0 Å². The quantitative estimate of drug-likeness (QED) is 0.760. The smallest absolute Gasteiger partial charge is 0.148 e. The van der Waals surface area contributed by atoms with Crippen LogP contribution >= 0.6 is 11.6 Å². The van der Waals surface area contributed by atoms with Crippen LogP contribution in [0.25, 0.3) is 6.08 Å². The van der Waals surface area contributed by atoms with E-state index in [-0.39, 0.29) is 5.69 Å². The van der Waals surface area contributed by atoms with Crippen LogP contribution in [-0.4, -0.2) is 6.54 Å². The Labute approximate surface area is 87.4 Å². The van der Waals surface area contributed by atoms with Gasteiger partial charge in [-0.3, -0.25) is 0 Å². The molecule has 0 atom stereocenters. The normalized spacial score (nSPS) is 11.1. The first-order valence-electron chi connectivity index (χ1n) is 4.26. The average molecular weight is 215 g/mol. The summed E-state index contributed by atoms with van der Waals surface area (Å²) in [5.41, 5.74) is 11.5. The highest BCUT2D eigenvalue weighted by atomic mass is 35.5. The van der Waals surface area contributed by atoms with Gasteiger partial charge in [0.2, 0.25) is 0 Å². The van der Waals surface area contributed by atoms with Gasteiger partial charge in [0.25, 0.3) is 0 Å². The third kappa shape index (κ3) is 2.72. The molecule has 0 aromatic heterocycles. The topological polar surface area (TPSA) is 52.0 Å². The van der Waals surface area contributed by atoms with Crippen LogP contribution in [0.4, 0.5) is 10.1 Å². The predicted molar refractivity (Wildman–Crippen MR) is 58.5 cm³/mol. The van der Waals surface area contributed by atoms with E-state index in [4.69, 9.17) is 23.1 Å². The second kappa shape index (κ2) is 4.98. The number of anilines is 1. The molecule has 0 fully saturated rings. The number of benzene rings is 1. The number of hydrogen-bond donors (Lipinski definition) is 2. The summed E-state index contributed by atoms with van der Waals surface area (Å²) in [7, 11) is 0. The molecule has 0 radical (unpaired) electrons. The van der Waals surface area contributed by atoms with Gasteiger partial charge >= 0.3 is 0 Å². The third-order valence-corrected chi connectivity index (χ3v) is 1.98. The van der Waals surface area contributed by atoms with Gasteiger partial charge in [-0.2, -0.15) is 0 Å². The zero-order valence-corrected chi connectivity index (χ0v) is 8.39. The Morgan fingerprint density at radius 1 is 1.43 bits per heavy atom. The minimum absolute atomic E-state index is 0.114. The summed E-state index contributed by atoms with van der Waals surface area (Å²) in [5, 5.41) is 0.337. The Morgan fingerprint density at radius 3 is 2.79 bits per heavy atom. The molecule has 1 aromatic rings. The fourth-order valence-electron chi connectivity index (χ4n) is 1.05. The maximum Gasteiger partial charge on any atom is 0.148 e. The molecular formula is C10H12ClFN2. The van der Waals surface area contributed by atoms with Crippen molar-refractivity contribution in [2.75, 3.05) is 12.3 Å². The zero-order chi connectivity index (χ0) is 10.6. The summed E-state index contributed by atoms with van der Waals surface area (Å²) in [5.74, 6) is -0.495.